The van der Waals surface area contributed by atoms with E-state index in [2.05, 4.69) is 10.4 Å². The van der Waals surface area contributed by atoms with E-state index < -0.39 is 11.5 Å². The summed E-state index contributed by atoms with van der Waals surface area (Å²) in [5.41, 5.74) is 2.29. The van der Waals surface area contributed by atoms with Crippen molar-refractivity contribution in [3.8, 4) is 0 Å². The van der Waals surface area contributed by atoms with Crippen molar-refractivity contribution >= 4 is 34.4 Å². The minimum atomic E-state index is -0.588. The number of hydrogen-bond donors (Lipinski definition) is 1. The number of rotatable bonds is 5. The van der Waals surface area contributed by atoms with Gasteiger partial charge in [-0.25, -0.2) is 9.47 Å². The number of methoxy groups -OCH3 is 1. The van der Waals surface area contributed by atoms with Gasteiger partial charge in [-0.1, -0.05) is 18.2 Å². The number of aromatic nitrogens is 2. The first-order valence-corrected chi connectivity index (χ1v) is 8.64. The number of hydrogen-bond acceptors (Lipinski definition) is 6. The maximum atomic E-state index is 12.6. The van der Waals surface area contributed by atoms with Crippen LogP contribution in [0.4, 0.5) is 0 Å². The summed E-state index contributed by atoms with van der Waals surface area (Å²) in [4.78, 5) is 41.6. The van der Waals surface area contributed by atoms with E-state index in [0.717, 1.165) is 9.57 Å². The third kappa shape index (κ3) is 3.75. The third-order valence-electron chi connectivity index (χ3n) is 3.59. The van der Waals surface area contributed by atoms with Gasteiger partial charge < -0.3 is 4.74 Å². The van der Waals surface area contributed by atoms with Crippen molar-refractivity contribution in [2.45, 2.75) is 4.90 Å². The molecule has 0 radical (unpaired) electrons. The van der Waals surface area contributed by atoms with Gasteiger partial charge in [-0.2, -0.15) is 0 Å². The zero-order chi connectivity index (χ0) is 18.5. The van der Waals surface area contributed by atoms with Crippen molar-refractivity contribution in [2.75, 3.05) is 18.3 Å². The average Bonchev–Trinajstić information content (AvgIpc) is 2.69. The molecule has 3 aromatic rings. The molecule has 0 fully saturated rings. The summed E-state index contributed by atoms with van der Waals surface area (Å²) in [6.45, 7) is 0. The first kappa shape index (κ1) is 17.7. The molecule has 0 spiro atoms. The summed E-state index contributed by atoms with van der Waals surface area (Å²) < 4.78 is 5.79. The second kappa shape index (κ2) is 7.83. The summed E-state index contributed by atoms with van der Waals surface area (Å²) in [5, 5.41) is 0.790. The van der Waals surface area contributed by atoms with Crippen molar-refractivity contribution in [1.29, 1.82) is 0 Å². The van der Waals surface area contributed by atoms with Crippen LogP contribution in [0, 0.1) is 0 Å². The Morgan fingerprint density at radius 3 is 2.54 bits per heavy atom. The van der Waals surface area contributed by atoms with Crippen molar-refractivity contribution in [3.63, 3.8) is 0 Å². The standard InChI is InChI=1S/C18H15N3O4S/c1-25-18(24)15-10-21(17(23)14-5-3-2-4-13(14)15)20-16(22)11-26-12-6-8-19-9-7-12/h2-10H,11H2,1H3,(H,20,22). The first-order valence-electron chi connectivity index (χ1n) is 7.65. The van der Waals surface area contributed by atoms with Crippen LogP contribution in [0.15, 0.2) is 64.7 Å². The van der Waals surface area contributed by atoms with E-state index in [1.807, 2.05) is 0 Å². The van der Waals surface area contributed by atoms with Crippen LogP contribution < -0.4 is 11.0 Å². The SMILES string of the molecule is COC(=O)c1cn(NC(=O)CSc2ccncc2)c(=O)c2ccccc12. The molecule has 1 aromatic carbocycles. The monoisotopic (exact) mass is 369 g/mol. The van der Waals surface area contributed by atoms with Gasteiger partial charge in [-0.3, -0.25) is 20.0 Å². The highest BCUT2D eigenvalue weighted by Gasteiger charge is 2.16. The number of carbonyl (C=O) groups excluding carboxylic acids is 2. The van der Waals surface area contributed by atoms with Crippen molar-refractivity contribution in [2.24, 2.45) is 0 Å². The molecule has 26 heavy (non-hydrogen) atoms. The molecule has 2 aromatic heterocycles. The van der Waals surface area contributed by atoms with Crippen LogP contribution in [0.5, 0.6) is 0 Å². The van der Waals surface area contributed by atoms with Gasteiger partial charge in [0.1, 0.15) is 0 Å². The van der Waals surface area contributed by atoms with Crippen LogP contribution in [-0.4, -0.2) is 34.4 Å². The topological polar surface area (TPSA) is 90.3 Å². The van der Waals surface area contributed by atoms with E-state index in [-0.39, 0.29) is 17.2 Å². The number of fused-ring (bicyclic) bond motifs is 1. The quantitative estimate of drug-likeness (QED) is 0.547. The zero-order valence-electron chi connectivity index (χ0n) is 13.8. The molecule has 0 aliphatic rings. The van der Waals surface area contributed by atoms with E-state index >= 15 is 0 Å². The van der Waals surface area contributed by atoms with E-state index in [1.54, 1.807) is 48.8 Å². The molecular formula is C18H15N3O4S. The normalized spacial score (nSPS) is 10.5. The van der Waals surface area contributed by atoms with Crippen molar-refractivity contribution < 1.29 is 14.3 Å². The van der Waals surface area contributed by atoms with Crippen LogP contribution in [0.25, 0.3) is 10.8 Å². The molecule has 0 aliphatic carbocycles. The molecule has 3 rings (SSSR count). The summed E-state index contributed by atoms with van der Waals surface area (Å²) in [6.07, 6.45) is 4.55. The molecule has 0 unspecified atom stereocenters. The van der Waals surface area contributed by atoms with Crippen LogP contribution >= 0.6 is 11.8 Å². The molecule has 1 N–H and O–H groups in total. The van der Waals surface area contributed by atoms with E-state index in [1.165, 1.54) is 25.1 Å². The number of benzene rings is 1. The molecule has 0 saturated heterocycles. The number of nitrogens with zero attached hydrogens (tertiary/aromatic N) is 2. The Labute approximate surface area is 153 Å². The number of ether oxygens (including phenoxy) is 1. The molecule has 0 saturated carbocycles. The zero-order valence-corrected chi connectivity index (χ0v) is 14.7. The second-order valence-electron chi connectivity index (χ2n) is 5.26. The Hall–Kier alpha value is -3.13. The number of esters is 1. The molecule has 8 heteroatoms. The maximum Gasteiger partial charge on any atom is 0.340 e. The van der Waals surface area contributed by atoms with Gasteiger partial charge in [0.25, 0.3) is 5.56 Å². The van der Waals surface area contributed by atoms with Gasteiger partial charge in [0.15, 0.2) is 0 Å². The molecule has 2 heterocycles. The Bertz CT molecular complexity index is 1020. The lowest BCUT2D eigenvalue weighted by atomic mass is 10.1. The second-order valence-corrected chi connectivity index (χ2v) is 6.31. The maximum absolute atomic E-state index is 12.6. The van der Waals surface area contributed by atoms with Crippen LogP contribution in [0.1, 0.15) is 10.4 Å². The van der Waals surface area contributed by atoms with Gasteiger partial charge >= 0.3 is 5.97 Å². The number of thioether (sulfide) groups is 1. The van der Waals surface area contributed by atoms with Crippen LogP contribution in [-0.2, 0) is 9.53 Å². The van der Waals surface area contributed by atoms with Crippen LogP contribution in [0.3, 0.4) is 0 Å². The Morgan fingerprint density at radius 1 is 1.15 bits per heavy atom. The molecule has 7 nitrogen and oxygen atoms in total. The van der Waals surface area contributed by atoms with Gasteiger partial charge in [0.05, 0.1) is 18.4 Å². The predicted molar refractivity (Wildman–Crippen MR) is 98.9 cm³/mol. The van der Waals surface area contributed by atoms with Gasteiger partial charge in [-0.05, 0) is 18.2 Å². The highest BCUT2D eigenvalue weighted by atomic mass is 32.2. The lowest BCUT2D eigenvalue weighted by Gasteiger charge is -2.12. The molecule has 0 aliphatic heterocycles. The fourth-order valence-electron chi connectivity index (χ4n) is 2.40. The van der Waals surface area contributed by atoms with Gasteiger partial charge in [0.2, 0.25) is 5.91 Å². The van der Waals surface area contributed by atoms with Crippen molar-refractivity contribution in [1.82, 2.24) is 9.66 Å². The highest BCUT2D eigenvalue weighted by Crippen LogP contribution is 2.17. The lowest BCUT2D eigenvalue weighted by molar-refractivity contribution is -0.114. The summed E-state index contributed by atoms with van der Waals surface area (Å²) in [6, 6.07) is 10.2. The van der Waals surface area contributed by atoms with Gasteiger partial charge in [-0.15, -0.1) is 11.8 Å². The largest absolute Gasteiger partial charge is 0.465 e. The minimum Gasteiger partial charge on any atom is -0.465 e. The fraction of sp³-hybridized carbons (Fsp3) is 0.111. The third-order valence-corrected chi connectivity index (χ3v) is 4.61. The number of carbonyl (C=O) groups is 2. The average molecular weight is 369 g/mol. The minimum absolute atomic E-state index is 0.108. The fourth-order valence-corrected chi connectivity index (χ4v) is 3.07. The number of nitrogens with one attached hydrogen (secondary N) is 1. The van der Waals surface area contributed by atoms with E-state index in [9.17, 15) is 14.4 Å². The Balaban J connectivity index is 1.87. The van der Waals surface area contributed by atoms with E-state index in [4.69, 9.17) is 4.74 Å². The lowest BCUT2D eigenvalue weighted by Crippen LogP contribution is -2.34. The Kier molecular flexibility index (Phi) is 5.33. The van der Waals surface area contributed by atoms with Gasteiger partial charge in [0, 0.05) is 34.3 Å². The van der Waals surface area contributed by atoms with Crippen molar-refractivity contribution in [3.05, 3.63) is 70.9 Å². The Morgan fingerprint density at radius 2 is 1.85 bits per heavy atom. The number of amides is 1. The summed E-state index contributed by atoms with van der Waals surface area (Å²) in [7, 11) is 1.26. The van der Waals surface area contributed by atoms with E-state index in [0.29, 0.717) is 10.8 Å². The molecule has 0 atom stereocenters. The first-order chi connectivity index (χ1) is 12.6. The summed E-state index contributed by atoms with van der Waals surface area (Å²) >= 11 is 1.31. The smallest absolute Gasteiger partial charge is 0.340 e. The number of pyridine rings is 2. The molecule has 0 bridgehead atoms. The molecule has 1 amide bonds. The highest BCUT2D eigenvalue weighted by molar-refractivity contribution is 8.00. The summed E-state index contributed by atoms with van der Waals surface area (Å²) in [5.74, 6) is -0.855. The molecular weight excluding hydrogens is 354 g/mol. The molecule has 132 valence electrons. The predicted octanol–water partition coefficient (Wildman–Crippen LogP) is 2.05. The van der Waals surface area contributed by atoms with Crippen LogP contribution in [0.2, 0.25) is 0 Å².